The minimum absolute atomic E-state index is 0.0168. The molecule has 1 aromatic heterocycles. The van der Waals surface area contributed by atoms with Crippen LogP contribution in [0.15, 0.2) is 30.3 Å². The van der Waals surface area contributed by atoms with E-state index in [0.717, 1.165) is 0 Å². The third-order valence-corrected chi connectivity index (χ3v) is 4.38. The van der Waals surface area contributed by atoms with Crippen molar-refractivity contribution >= 4 is 38.9 Å². The Hall–Kier alpha value is -1.06. The number of rotatable bonds is 2. The van der Waals surface area contributed by atoms with E-state index in [1.54, 1.807) is 11.3 Å². The summed E-state index contributed by atoms with van der Waals surface area (Å²) in [6.07, 6.45) is 0.479. The van der Waals surface area contributed by atoms with Crippen LogP contribution < -0.4 is 0 Å². The molecule has 1 fully saturated rings. The number of nitrogens with zero attached hydrogens (tertiary/aromatic N) is 1. The number of thiophene rings is 1. The fourth-order valence-corrected chi connectivity index (χ4v) is 3.56. The van der Waals surface area contributed by atoms with E-state index in [1.807, 2.05) is 17.0 Å². The highest BCUT2D eigenvalue weighted by molar-refractivity contribution is 7.19. The van der Waals surface area contributed by atoms with E-state index in [1.165, 1.54) is 15.0 Å². The van der Waals surface area contributed by atoms with Gasteiger partial charge in [-0.05, 0) is 17.5 Å². The second-order valence-corrected chi connectivity index (χ2v) is 6.11. The largest absolute Gasteiger partial charge is 0.336 e. The lowest BCUT2D eigenvalue weighted by molar-refractivity contribution is -0.128. The van der Waals surface area contributed by atoms with Gasteiger partial charge in [0, 0.05) is 22.5 Å². The van der Waals surface area contributed by atoms with Crippen LogP contribution in [-0.4, -0.2) is 22.7 Å². The molecule has 1 saturated heterocycles. The van der Waals surface area contributed by atoms with Gasteiger partial charge in [-0.3, -0.25) is 4.79 Å². The number of carbonyl (C=O) groups excluding carboxylic acids is 1. The molecule has 1 atom stereocenters. The lowest BCUT2D eigenvalue weighted by Crippen LogP contribution is -2.24. The average Bonchev–Trinajstić information content (AvgIpc) is 2.82. The summed E-state index contributed by atoms with van der Waals surface area (Å²) in [4.78, 5) is 14.7. The molecule has 2 aromatic rings. The van der Waals surface area contributed by atoms with Crippen molar-refractivity contribution in [3.05, 3.63) is 35.2 Å². The maximum atomic E-state index is 11.7. The van der Waals surface area contributed by atoms with E-state index >= 15 is 0 Å². The summed E-state index contributed by atoms with van der Waals surface area (Å²) < 4.78 is 1.27. The van der Waals surface area contributed by atoms with E-state index < -0.39 is 0 Å². The fourth-order valence-electron chi connectivity index (χ4n) is 2.18. The first kappa shape index (κ1) is 11.1. The van der Waals surface area contributed by atoms with Gasteiger partial charge in [0.25, 0.3) is 0 Å². The minimum Gasteiger partial charge on any atom is -0.336 e. The maximum absolute atomic E-state index is 11.7. The third kappa shape index (κ3) is 2.17. The van der Waals surface area contributed by atoms with Gasteiger partial charge in [-0.2, -0.15) is 0 Å². The number of hydrogen-bond donors (Lipinski definition) is 0. The van der Waals surface area contributed by atoms with Crippen LogP contribution in [0.25, 0.3) is 10.1 Å². The van der Waals surface area contributed by atoms with Crippen LogP contribution in [-0.2, 0) is 11.3 Å². The molecular formula is C13H12ClNOS. The summed E-state index contributed by atoms with van der Waals surface area (Å²) in [5, 5.41) is 1.23. The van der Waals surface area contributed by atoms with E-state index in [4.69, 9.17) is 11.6 Å². The summed E-state index contributed by atoms with van der Waals surface area (Å²) in [7, 11) is 0. The van der Waals surface area contributed by atoms with Crippen LogP contribution in [0, 0.1) is 0 Å². The van der Waals surface area contributed by atoms with Gasteiger partial charge in [-0.15, -0.1) is 22.9 Å². The van der Waals surface area contributed by atoms with Crippen LogP contribution in [0.1, 0.15) is 11.3 Å². The number of amides is 1. The van der Waals surface area contributed by atoms with Gasteiger partial charge in [0.2, 0.25) is 5.91 Å². The zero-order valence-corrected chi connectivity index (χ0v) is 10.8. The standard InChI is InChI=1S/C13H12ClNOS/c14-10-6-13(16)15(7-10)8-11-5-9-3-1-2-4-12(9)17-11/h1-5,10H,6-8H2. The van der Waals surface area contributed by atoms with E-state index in [2.05, 4.69) is 18.2 Å². The normalized spacial score (nSPS) is 20.4. The molecule has 17 heavy (non-hydrogen) atoms. The van der Waals surface area contributed by atoms with Crippen molar-refractivity contribution in [1.82, 2.24) is 4.90 Å². The van der Waals surface area contributed by atoms with Gasteiger partial charge < -0.3 is 4.90 Å². The third-order valence-electron chi connectivity index (χ3n) is 2.99. The summed E-state index contributed by atoms with van der Waals surface area (Å²) in [5.41, 5.74) is 0. The maximum Gasteiger partial charge on any atom is 0.224 e. The Morgan fingerprint density at radius 2 is 2.24 bits per heavy atom. The van der Waals surface area contributed by atoms with Crippen molar-refractivity contribution in [2.45, 2.75) is 18.3 Å². The Bertz CT molecular complexity index is 532. The summed E-state index contributed by atoms with van der Waals surface area (Å²) in [6.45, 7) is 1.37. The highest BCUT2D eigenvalue weighted by Gasteiger charge is 2.28. The summed E-state index contributed by atoms with van der Waals surface area (Å²) in [6, 6.07) is 10.5. The number of alkyl halides is 1. The molecule has 1 aliphatic heterocycles. The van der Waals surface area contributed by atoms with Crippen LogP contribution in [0.4, 0.5) is 0 Å². The smallest absolute Gasteiger partial charge is 0.224 e. The molecule has 3 rings (SSSR count). The molecule has 2 heterocycles. The number of fused-ring (bicyclic) bond motifs is 1. The highest BCUT2D eigenvalue weighted by Crippen LogP contribution is 2.28. The molecule has 1 aliphatic rings. The van der Waals surface area contributed by atoms with Crippen molar-refractivity contribution < 1.29 is 4.79 Å². The zero-order valence-electron chi connectivity index (χ0n) is 9.23. The molecule has 0 spiro atoms. The van der Waals surface area contributed by atoms with Crippen LogP contribution >= 0.6 is 22.9 Å². The first-order valence-electron chi connectivity index (χ1n) is 5.61. The number of hydrogen-bond acceptors (Lipinski definition) is 2. The zero-order chi connectivity index (χ0) is 11.8. The van der Waals surface area contributed by atoms with Crippen molar-refractivity contribution in [3.8, 4) is 0 Å². The van der Waals surface area contributed by atoms with Crippen molar-refractivity contribution in [2.24, 2.45) is 0 Å². The van der Waals surface area contributed by atoms with Gasteiger partial charge in [0.05, 0.1) is 11.9 Å². The summed E-state index contributed by atoms with van der Waals surface area (Å²) >= 11 is 7.74. The van der Waals surface area contributed by atoms with E-state index in [-0.39, 0.29) is 11.3 Å². The molecule has 0 bridgehead atoms. The van der Waals surface area contributed by atoms with Gasteiger partial charge in [-0.25, -0.2) is 0 Å². The topological polar surface area (TPSA) is 20.3 Å². The molecule has 4 heteroatoms. The van der Waals surface area contributed by atoms with Crippen molar-refractivity contribution in [1.29, 1.82) is 0 Å². The second-order valence-electron chi connectivity index (χ2n) is 4.33. The molecule has 2 nitrogen and oxygen atoms in total. The van der Waals surface area contributed by atoms with Gasteiger partial charge >= 0.3 is 0 Å². The highest BCUT2D eigenvalue weighted by atomic mass is 35.5. The lowest BCUT2D eigenvalue weighted by Gasteiger charge is -2.13. The van der Waals surface area contributed by atoms with Crippen molar-refractivity contribution in [2.75, 3.05) is 6.54 Å². The predicted molar refractivity (Wildman–Crippen MR) is 71.5 cm³/mol. The quantitative estimate of drug-likeness (QED) is 0.764. The first-order chi connectivity index (χ1) is 8.22. The minimum atomic E-state index is -0.0168. The molecule has 0 radical (unpaired) electrons. The Kier molecular flexibility index (Phi) is 2.81. The molecule has 88 valence electrons. The second kappa shape index (κ2) is 4.31. The molecule has 0 N–H and O–H groups in total. The number of carbonyl (C=O) groups is 1. The molecule has 1 aromatic carbocycles. The average molecular weight is 266 g/mol. The van der Waals surface area contributed by atoms with E-state index in [0.29, 0.717) is 19.5 Å². The van der Waals surface area contributed by atoms with Gasteiger partial charge in [0.1, 0.15) is 0 Å². The Morgan fingerprint density at radius 1 is 1.41 bits per heavy atom. The van der Waals surface area contributed by atoms with Gasteiger partial charge in [0.15, 0.2) is 0 Å². The first-order valence-corrected chi connectivity index (χ1v) is 6.87. The molecule has 0 saturated carbocycles. The summed E-state index contributed by atoms with van der Waals surface area (Å²) in [5.74, 6) is 0.169. The Labute approximate surface area is 109 Å². The number of halogens is 1. The Balaban J connectivity index is 1.83. The number of benzene rings is 1. The number of likely N-dealkylation sites (tertiary alicyclic amines) is 1. The molecular weight excluding hydrogens is 254 g/mol. The van der Waals surface area contributed by atoms with E-state index in [9.17, 15) is 4.79 Å². The molecule has 1 unspecified atom stereocenters. The monoisotopic (exact) mass is 265 g/mol. The molecule has 1 amide bonds. The fraction of sp³-hybridized carbons (Fsp3) is 0.308. The van der Waals surface area contributed by atoms with Crippen LogP contribution in [0.2, 0.25) is 0 Å². The van der Waals surface area contributed by atoms with Crippen molar-refractivity contribution in [3.63, 3.8) is 0 Å². The SMILES string of the molecule is O=C1CC(Cl)CN1Cc1cc2ccccc2s1. The Morgan fingerprint density at radius 3 is 2.94 bits per heavy atom. The molecule has 0 aliphatic carbocycles. The van der Waals surface area contributed by atoms with Crippen LogP contribution in [0.5, 0.6) is 0 Å². The lowest BCUT2D eigenvalue weighted by atomic mass is 10.2. The predicted octanol–water partition coefficient (Wildman–Crippen LogP) is 3.24. The van der Waals surface area contributed by atoms with Gasteiger partial charge in [-0.1, -0.05) is 18.2 Å². The van der Waals surface area contributed by atoms with Crippen LogP contribution in [0.3, 0.4) is 0 Å².